The van der Waals surface area contributed by atoms with Gasteiger partial charge in [0.1, 0.15) is 23.9 Å². The molecule has 14 heteroatoms. The molecule has 0 aliphatic carbocycles. The zero-order chi connectivity index (χ0) is 28.6. The molecule has 4 rings (SSSR count). The number of aliphatic carboxylic acids is 1. The molecule has 0 saturated carbocycles. The molecular weight excluding hydrogens is 525 g/mol. The fourth-order valence-corrected chi connectivity index (χ4v) is 3.45. The number of carboxylic acids is 1. The molecule has 4 N–H and O–H groups in total. The van der Waals surface area contributed by atoms with Gasteiger partial charge in [0.15, 0.2) is 6.61 Å². The van der Waals surface area contributed by atoms with Gasteiger partial charge in [-0.3, -0.25) is 14.7 Å². The van der Waals surface area contributed by atoms with Crippen molar-refractivity contribution in [2.24, 2.45) is 5.92 Å². The van der Waals surface area contributed by atoms with Gasteiger partial charge in [0.2, 0.25) is 5.91 Å². The summed E-state index contributed by atoms with van der Waals surface area (Å²) in [5, 5.41) is 19.3. The van der Waals surface area contributed by atoms with E-state index in [0.29, 0.717) is 23.6 Å². The van der Waals surface area contributed by atoms with E-state index in [2.05, 4.69) is 20.8 Å². The molecule has 208 valence electrons. The van der Waals surface area contributed by atoms with E-state index in [1.165, 1.54) is 7.05 Å². The summed E-state index contributed by atoms with van der Waals surface area (Å²) in [4.78, 5) is 33.6. The first-order valence-electron chi connectivity index (χ1n) is 11.4. The summed E-state index contributed by atoms with van der Waals surface area (Å²) in [7, 11) is 3.13. The molecule has 1 aliphatic heterocycles. The number of hydrogen-bond acceptors (Lipinski definition) is 7. The van der Waals surface area contributed by atoms with Crippen molar-refractivity contribution in [1.82, 2.24) is 15.5 Å². The van der Waals surface area contributed by atoms with Gasteiger partial charge in [-0.1, -0.05) is 6.07 Å². The number of anilines is 1. The number of ether oxygens (including phenoxy) is 3. The minimum Gasteiger partial charge on any atom is -0.497 e. The summed E-state index contributed by atoms with van der Waals surface area (Å²) in [6.45, 7) is 0.0978. The van der Waals surface area contributed by atoms with Crippen molar-refractivity contribution in [1.29, 1.82) is 0 Å². The van der Waals surface area contributed by atoms with E-state index >= 15 is 0 Å². The van der Waals surface area contributed by atoms with Crippen LogP contribution in [0.2, 0.25) is 0 Å². The molecule has 1 atom stereocenters. The van der Waals surface area contributed by atoms with Crippen molar-refractivity contribution in [3.05, 3.63) is 54.4 Å². The lowest BCUT2D eigenvalue weighted by atomic mass is 9.95. The minimum atomic E-state index is -5.08. The van der Waals surface area contributed by atoms with Crippen LogP contribution >= 0.6 is 0 Å². The van der Waals surface area contributed by atoms with Gasteiger partial charge < -0.3 is 30.0 Å². The highest BCUT2D eigenvalue weighted by Crippen LogP contribution is 2.34. The van der Waals surface area contributed by atoms with E-state index in [0.717, 1.165) is 22.4 Å². The normalized spacial score (nSPS) is 14.0. The number of rotatable bonds is 7. The van der Waals surface area contributed by atoms with Crippen LogP contribution in [0.4, 0.5) is 18.9 Å². The maximum atomic E-state index is 13.0. The first-order chi connectivity index (χ1) is 18.5. The quantitative estimate of drug-likeness (QED) is 0.350. The van der Waals surface area contributed by atoms with Gasteiger partial charge in [-0.05, 0) is 47.9 Å². The Morgan fingerprint density at radius 2 is 1.92 bits per heavy atom. The fourth-order valence-electron chi connectivity index (χ4n) is 3.45. The van der Waals surface area contributed by atoms with Crippen LogP contribution in [-0.4, -0.2) is 66.6 Å². The van der Waals surface area contributed by atoms with Crippen LogP contribution in [0.25, 0.3) is 11.1 Å². The van der Waals surface area contributed by atoms with Crippen molar-refractivity contribution in [2.75, 3.05) is 32.7 Å². The highest BCUT2D eigenvalue weighted by Gasteiger charge is 2.38. The molecular formula is C25H25F3N4O7. The number of methoxy groups -OCH3 is 1. The SMILES string of the molecule is CNC(=O)COc1cc(-c2cn[nH]c2)ccc1NC(=O)C1COc2ccc(OC)cc2C1.O=C(O)C(F)(F)F. The summed E-state index contributed by atoms with van der Waals surface area (Å²) in [5.74, 6) is -1.74. The molecule has 2 heterocycles. The van der Waals surface area contributed by atoms with Gasteiger partial charge in [0.25, 0.3) is 5.91 Å². The number of carboxylic acid groups (broad SMARTS) is 1. The highest BCUT2D eigenvalue weighted by atomic mass is 19.4. The third kappa shape index (κ3) is 7.87. The Morgan fingerprint density at radius 1 is 1.18 bits per heavy atom. The molecule has 1 aromatic heterocycles. The Kier molecular flexibility index (Phi) is 9.36. The van der Waals surface area contributed by atoms with Gasteiger partial charge in [0.05, 0.1) is 24.9 Å². The van der Waals surface area contributed by atoms with Crippen LogP contribution < -0.4 is 24.8 Å². The Bertz CT molecular complexity index is 1310. The molecule has 0 spiro atoms. The molecule has 0 radical (unpaired) electrons. The van der Waals surface area contributed by atoms with E-state index in [9.17, 15) is 22.8 Å². The largest absolute Gasteiger partial charge is 0.497 e. The minimum absolute atomic E-state index is 0.173. The highest BCUT2D eigenvalue weighted by molar-refractivity contribution is 5.95. The number of hydrogen-bond donors (Lipinski definition) is 4. The molecule has 11 nitrogen and oxygen atoms in total. The number of carbonyl (C=O) groups excluding carboxylic acids is 2. The zero-order valence-corrected chi connectivity index (χ0v) is 20.8. The van der Waals surface area contributed by atoms with Crippen molar-refractivity contribution < 1.29 is 46.9 Å². The average molecular weight is 550 g/mol. The number of aromatic nitrogens is 2. The van der Waals surface area contributed by atoms with E-state index in [4.69, 9.17) is 24.1 Å². The first-order valence-corrected chi connectivity index (χ1v) is 11.4. The second kappa shape index (κ2) is 12.7. The third-order valence-corrected chi connectivity index (χ3v) is 5.50. The number of amides is 2. The van der Waals surface area contributed by atoms with Crippen LogP contribution in [0.3, 0.4) is 0 Å². The van der Waals surface area contributed by atoms with E-state index in [1.54, 1.807) is 31.6 Å². The molecule has 39 heavy (non-hydrogen) atoms. The van der Waals surface area contributed by atoms with Crippen molar-refractivity contribution >= 4 is 23.5 Å². The van der Waals surface area contributed by atoms with E-state index < -0.39 is 12.1 Å². The lowest BCUT2D eigenvalue weighted by molar-refractivity contribution is -0.192. The van der Waals surface area contributed by atoms with Crippen LogP contribution in [0.1, 0.15) is 5.56 Å². The van der Waals surface area contributed by atoms with Gasteiger partial charge in [0, 0.05) is 18.8 Å². The van der Waals surface area contributed by atoms with Crippen LogP contribution in [0, 0.1) is 5.92 Å². The zero-order valence-electron chi connectivity index (χ0n) is 20.8. The van der Waals surface area contributed by atoms with Crippen molar-refractivity contribution in [2.45, 2.75) is 12.6 Å². The van der Waals surface area contributed by atoms with Crippen molar-refractivity contribution in [3.8, 4) is 28.4 Å². The summed E-state index contributed by atoms with van der Waals surface area (Å²) >= 11 is 0. The standard InChI is InChI=1S/C23H24N4O5.C2HF3O2/c1-24-22(28)13-32-21-9-14(17-10-25-26-11-17)3-5-19(21)27-23(29)16-7-15-8-18(30-2)4-6-20(15)31-12-16;3-2(4,5)1(6)7/h3-6,8-11,16H,7,12-13H2,1-2H3,(H,24,28)(H,25,26)(H,27,29);(H,6,7). The molecule has 3 aromatic rings. The average Bonchev–Trinajstić information content (AvgIpc) is 3.46. The van der Waals surface area contributed by atoms with Crippen LogP contribution in [0.5, 0.6) is 17.2 Å². The number of alkyl halides is 3. The van der Waals surface area contributed by atoms with E-state index in [-0.39, 0.29) is 30.9 Å². The van der Waals surface area contributed by atoms with Gasteiger partial charge >= 0.3 is 12.1 Å². The number of aromatic amines is 1. The summed E-state index contributed by atoms with van der Waals surface area (Å²) in [6.07, 6.45) is -1.12. The molecule has 1 unspecified atom stereocenters. The predicted octanol–water partition coefficient (Wildman–Crippen LogP) is 3.03. The lowest BCUT2D eigenvalue weighted by Gasteiger charge is -2.25. The van der Waals surface area contributed by atoms with Crippen LogP contribution in [0.15, 0.2) is 48.8 Å². The monoisotopic (exact) mass is 550 g/mol. The third-order valence-electron chi connectivity index (χ3n) is 5.50. The molecule has 0 fully saturated rings. The van der Waals surface area contributed by atoms with E-state index in [1.807, 2.05) is 24.3 Å². The van der Waals surface area contributed by atoms with Crippen LogP contribution in [-0.2, 0) is 20.8 Å². The Labute approximate surface area is 220 Å². The number of fused-ring (bicyclic) bond motifs is 1. The second-order valence-corrected chi connectivity index (χ2v) is 8.14. The smallest absolute Gasteiger partial charge is 0.490 e. The fraction of sp³-hybridized carbons (Fsp3) is 0.280. The number of likely N-dealkylation sites (N-methyl/N-ethyl adjacent to an activating group) is 1. The molecule has 2 aromatic carbocycles. The first kappa shape index (κ1) is 28.8. The Balaban J connectivity index is 0.000000532. The number of nitrogens with zero attached hydrogens (tertiary/aromatic N) is 1. The summed E-state index contributed by atoms with van der Waals surface area (Å²) in [5.41, 5.74) is 3.09. The second-order valence-electron chi connectivity index (χ2n) is 8.14. The van der Waals surface area contributed by atoms with Crippen molar-refractivity contribution in [3.63, 3.8) is 0 Å². The number of H-pyrrole nitrogens is 1. The number of nitrogens with one attached hydrogen (secondary N) is 3. The molecule has 2 amide bonds. The molecule has 0 saturated heterocycles. The molecule has 0 bridgehead atoms. The van der Waals surface area contributed by atoms with Gasteiger partial charge in [-0.25, -0.2) is 4.79 Å². The predicted molar refractivity (Wildman–Crippen MR) is 132 cm³/mol. The number of carbonyl (C=O) groups is 3. The lowest BCUT2D eigenvalue weighted by Crippen LogP contribution is -2.33. The Hall–Kier alpha value is -4.75. The Morgan fingerprint density at radius 3 is 2.54 bits per heavy atom. The number of halogens is 3. The maximum Gasteiger partial charge on any atom is 0.490 e. The molecule has 1 aliphatic rings. The maximum absolute atomic E-state index is 13.0. The van der Waals surface area contributed by atoms with Gasteiger partial charge in [-0.15, -0.1) is 0 Å². The topological polar surface area (TPSA) is 152 Å². The number of benzene rings is 2. The van der Waals surface area contributed by atoms with Gasteiger partial charge in [-0.2, -0.15) is 18.3 Å². The summed E-state index contributed by atoms with van der Waals surface area (Å²) in [6, 6.07) is 10.9. The summed E-state index contributed by atoms with van der Waals surface area (Å²) < 4.78 is 48.5.